The molecule has 116 valence electrons. The van der Waals surface area contributed by atoms with Crippen molar-refractivity contribution < 1.29 is 4.39 Å². The standard InChI is InChI=1S/C13H10FN7S2/c14-8-1-3-9(4-2-8)17-12(22)20-21-11(18-19-13(21)23)10-7-15-5-6-16-10/h1-7H,(H,19,23)(H2,17,20,22). The van der Waals surface area contributed by atoms with Gasteiger partial charge in [-0.25, -0.2) is 19.1 Å². The number of halogens is 1. The first-order valence-corrected chi connectivity index (χ1v) is 7.22. The molecule has 7 nitrogen and oxygen atoms in total. The molecule has 0 amide bonds. The largest absolute Gasteiger partial charge is 0.331 e. The van der Waals surface area contributed by atoms with Crippen molar-refractivity contribution in [1.82, 2.24) is 24.8 Å². The molecule has 0 radical (unpaired) electrons. The highest BCUT2D eigenvalue weighted by Gasteiger charge is 2.11. The van der Waals surface area contributed by atoms with Gasteiger partial charge in [0.2, 0.25) is 10.6 Å². The second-order valence-electron chi connectivity index (χ2n) is 4.35. The maximum absolute atomic E-state index is 12.9. The molecule has 2 heterocycles. The fraction of sp³-hybridized carbons (Fsp3) is 0. The molecular weight excluding hydrogens is 337 g/mol. The van der Waals surface area contributed by atoms with Crippen LogP contribution in [-0.2, 0) is 0 Å². The molecule has 3 N–H and O–H groups in total. The van der Waals surface area contributed by atoms with Crippen molar-refractivity contribution in [3.05, 3.63) is 53.4 Å². The third-order valence-electron chi connectivity index (χ3n) is 2.78. The molecule has 3 aromatic rings. The van der Waals surface area contributed by atoms with E-state index in [0.717, 1.165) is 0 Å². The molecule has 1 aromatic carbocycles. The summed E-state index contributed by atoms with van der Waals surface area (Å²) in [5.41, 5.74) is 4.06. The molecule has 0 saturated heterocycles. The Hall–Kier alpha value is -2.72. The molecule has 10 heteroatoms. The van der Waals surface area contributed by atoms with E-state index in [-0.39, 0.29) is 10.9 Å². The zero-order valence-electron chi connectivity index (χ0n) is 11.5. The number of rotatable bonds is 3. The van der Waals surface area contributed by atoms with Crippen LogP contribution in [0.2, 0.25) is 0 Å². The lowest BCUT2D eigenvalue weighted by molar-refractivity contribution is 0.628. The van der Waals surface area contributed by atoms with E-state index in [1.165, 1.54) is 16.8 Å². The highest BCUT2D eigenvalue weighted by Crippen LogP contribution is 2.12. The lowest BCUT2D eigenvalue weighted by atomic mass is 10.3. The third kappa shape index (κ3) is 3.55. The minimum atomic E-state index is -0.323. The van der Waals surface area contributed by atoms with E-state index in [2.05, 4.69) is 30.9 Å². The van der Waals surface area contributed by atoms with Crippen LogP contribution in [0.5, 0.6) is 0 Å². The fourth-order valence-electron chi connectivity index (χ4n) is 1.78. The third-order valence-corrected chi connectivity index (χ3v) is 3.25. The summed E-state index contributed by atoms with van der Waals surface area (Å²) in [5, 5.41) is 9.95. The van der Waals surface area contributed by atoms with Crippen LogP contribution in [0.3, 0.4) is 0 Å². The van der Waals surface area contributed by atoms with Crippen LogP contribution in [0.25, 0.3) is 11.5 Å². The van der Waals surface area contributed by atoms with Gasteiger partial charge in [-0.15, -0.1) is 0 Å². The van der Waals surface area contributed by atoms with Gasteiger partial charge >= 0.3 is 0 Å². The maximum Gasteiger partial charge on any atom is 0.215 e. The summed E-state index contributed by atoms with van der Waals surface area (Å²) in [5.74, 6) is 0.114. The molecular formula is C13H10FN7S2. The molecule has 0 spiro atoms. The van der Waals surface area contributed by atoms with Gasteiger partial charge in [0.1, 0.15) is 11.5 Å². The number of anilines is 1. The van der Waals surface area contributed by atoms with E-state index < -0.39 is 0 Å². The zero-order valence-corrected chi connectivity index (χ0v) is 13.2. The van der Waals surface area contributed by atoms with Gasteiger partial charge in [-0.3, -0.25) is 10.4 Å². The summed E-state index contributed by atoms with van der Waals surface area (Å²) in [6, 6.07) is 5.81. The first-order valence-electron chi connectivity index (χ1n) is 6.41. The molecule has 0 aliphatic heterocycles. The van der Waals surface area contributed by atoms with E-state index in [4.69, 9.17) is 24.4 Å². The van der Waals surface area contributed by atoms with Crippen molar-refractivity contribution in [3.8, 4) is 11.5 Å². The van der Waals surface area contributed by atoms with Crippen molar-refractivity contribution in [3.63, 3.8) is 0 Å². The van der Waals surface area contributed by atoms with Gasteiger partial charge in [-0.05, 0) is 48.7 Å². The second kappa shape index (κ2) is 6.58. The summed E-state index contributed by atoms with van der Waals surface area (Å²) >= 11 is 10.4. The van der Waals surface area contributed by atoms with Gasteiger partial charge in [-0.1, -0.05) is 0 Å². The van der Waals surface area contributed by atoms with Gasteiger partial charge in [-0.2, -0.15) is 5.10 Å². The molecule has 0 aliphatic carbocycles. The lowest BCUT2D eigenvalue weighted by Crippen LogP contribution is -2.28. The second-order valence-corrected chi connectivity index (χ2v) is 5.15. The van der Waals surface area contributed by atoms with Gasteiger partial charge in [0, 0.05) is 18.1 Å². The molecule has 0 unspecified atom stereocenters. The Bertz CT molecular complexity index is 873. The number of aromatic amines is 1. The van der Waals surface area contributed by atoms with Crippen LogP contribution in [0.4, 0.5) is 10.1 Å². The molecule has 0 atom stereocenters. The molecule has 0 saturated carbocycles. The van der Waals surface area contributed by atoms with Crippen molar-refractivity contribution in [2.45, 2.75) is 0 Å². The van der Waals surface area contributed by atoms with Crippen LogP contribution in [0.15, 0.2) is 42.9 Å². The number of hydrogen-bond acceptors (Lipinski definition) is 5. The van der Waals surface area contributed by atoms with E-state index in [9.17, 15) is 4.39 Å². The molecule has 0 aliphatic rings. The number of H-pyrrole nitrogens is 1. The molecule has 3 rings (SSSR count). The van der Waals surface area contributed by atoms with E-state index in [0.29, 0.717) is 22.0 Å². The number of hydrogen-bond donors (Lipinski definition) is 3. The van der Waals surface area contributed by atoms with Gasteiger partial charge < -0.3 is 5.32 Å². The number of benzene rings is 1. The number of aromatic nitrogens is 5. The lowest BCUT2D eigenvalue weighted by Gasteiger charge is -2.12. The molecule has 2 aromatic heterocycles. The Balaban J connectivity index is 1.80. The Kier molecular flexibility index (Phi) is 4.35. The number of nitrogens with zero attached hydrogens (tertiary/aromatic N) is 4. The average molecular weight is 347 g/mol. The van der Waals surface area contributed by atoms with Gasteiger partial charge in [0.25, 0.3) is 0 Å². The average Bonchev–Trinajstić information content (AvgIpc) is 2.91. The Morgan fingerprint density at radius 1 is 1.22 bits per heavy atom. The van der Waals surface area contributed by atoms with Crippen LogP contribution < -0.4 is 10.7 Å². The van der Waals surface area contributed by atoms with Crippen LogP contribution in [0.1, 0.15) is 0 Å². The highest BCUT2D eigenvalue weighted by atomic mass is 32.1. The SMILES string of the molecule is Fc1ccc(NC(=S)Nn2c(-c3cnccn3)n[nH]c2=S)cc1. The molecule has 0 fully saturated rings. The first kappa shape index (κ1) is 15.2. The van der Waals surface area contributed by atoms with Crippen molar-refractivity contribution in [2.75, 3.05) is 10.7 Å². The summed E-state index contributed by atoms with van der Waals surface area (Å²) in [6.07, 6.45) is 4.66. The summed E-state index contributed by atoms with van der Waals surface area (Å²) in [7, 11) is 0. The van der Waals surface area contributed by atoms with Crippen LogP contribution in [0, 0.1) is 10.6 Å². The topological polar surface area (TPSA) is 83.4 Å². The summed E-state index contributed by atoms with van der Waals surface area (Å²) < 4.78 is 14.7. The van der Waals surface area contributed by atoms with E-state index in [1.54, 1.807) is 30.7 Å². The predicted molar refractivity (Wildman–Crippen MR) is 90.4 cm³/mol. The molecule has 0 bridgehead atoms. The predicted octanol–water partition coefficient (Wildman–Crippen LogP) is 2.48. The van der Waals surface area contributed by atoms with Crippen LogP contribution in [-0.4, -0.2) is 30.0 Å². The number of nitrogens with one attached hydrogen (secondary N) is 3. The smallest absolute Gasteiger partial charge is 0.215 e. The molecule has 23 heavy (non-hydrogen) atoms. The quantitative estimate of drug-likeness (QED) is 0.628. The Labute approximate surface area is 140 Å². The Morgan fingerprint density at radius 2 is 2.00 bits per heavy atom. The monoisotopic (exact) mass is 347 g/mol. The zero-order chi connectivity index (χ0) is 16.2. The van der Waals surface area contributed by atoms with Crippen molar-refractivity contribution in [2.24, 2.45) is 0 Å². The normalized spacial score (nSPS) is 10.3. The maximum atomic E-state index is 12.9. The van der Waals surface area contributed by atoms with E-state index in [1.807, 2.05) is 0 Å². The van der Waals surface area contributed by atoms with Crippen molar-refractivity contribution >= 4 is 35.2 Å². The minimum Gasteiger partial charge on any atom is -0.331 e. The van der Waals surface area contributed by atoms with Gasteiger partial charge in [0.05, 0.1) is 6.20 Å². The van der Waals surface area contributed by atoms with Gasteiger partial charge in [0.15, 0.2) is 5.11 Å². The minimum absolute atomic E-state index is 0.263. The van der Waals surface area contributed by atoms with E-state index >= 15 is 0 Å². The highest BCUT2D eigenvalue weighted by molar-refractivity contribution is 7.80. The number of thiocarbonyl (C=S) groups is 1. The van der Waals surface area contributed by atoms with Crippen LogP contribution >= 0.6 is 24.4 Å². The first-order chi connectivity index (χ1) is 11.1. The Morgan fingerprint density at radius 3 is 2.70 bits per heavy atom. The van der Waals surface area contributed by atoms with Crippen molar-refractivity contribution in [1.29, 1.82) is 0 Å². The fourth-order valence-corrected chi connectivity index (χ4v) is 2.17. The summed E-state index contributed by atoms with van der Waals surface area (Å²) in [4.78, 5) is 8.16. The summed E-state index contributed by atoms with van der Waals surface area (Å²) in [6.45, 7) is 0.